The van der Waals surface area contributed by atoms with Crippen LogP contribution >= 0.6 is 0 Å². The summed E-state index contributed by atoms with van der Waals surface area (Å²) in [7, 11) is 0. The van der Waals surface area contributed by atoms with Crippen LogP contribution in [0.5, 0.6) is 0 Å². The molecular weight excluding hydrogens is 554 g/mol. The fourth-order valence-corrected chi connectivity index (χ4v) is 4.69. The lowest BCUT2D eigenvalue weighted by Gasteiger charge is -2.30. The fraction of sp³-hybridized carbons (Fsp3) is 0.545. The predicted octanol–water partition coefficient (Wildman–Crippen LogP) is 4.38. The van der Waals surface area contributed by atoms with Crippen LogP contribution in [0.25, 0.3) is 0 Å². The van der Waals surface area contributed by atoms with E-state index in [9.17, 15) is 28.3 Å². The van der Waals surface area contributed by atoms with Gasteiger partial charge >= 0.3 is 0 Å². The zero-order valence-electron chi connectivity index (χ0n) is 26.5. The number of carbonyl (C=O) groups is 3. The molecule has 0 aliphatic carbocycles. The maximum Gasteiger partial charge on any atom is 0.253 e. The smallest absolute Gasteiger partial charge is 0.253 e. The zero-order valence-corrected chi connectivity index (χ0v) is 26.5. The maximum atomic E-state index is 14.0. The van der Waals surface area contributed by atoms with Crippen LogP contribution in [0.2, 0.25) is 0 Å². The first-order valence-electron chi connectivity index (χ1n) is 15.0. The first-order valence-corrected chi connectivity index (χ1v) is 15.0. The van der Waals surface area contributed by atoms with Gasteiger partial charge in [-0.05, 0) is 87.4 Å². The molecule has 238 valence electrons. The molecule has 0 aromatic heterocycles. The average molecular weight is 603 g/mol. The summed E-state index contributed by atoms with van der Waals surface area (Å²) in [6, 6.07) is 6.95. The number of nitrogens with zero attached hydrogens (tertiary/aromatic N) is 1. The number of benzene rings is 2. The first-order chi connectivity index (χ1) is 20.2. The van der Waals surface area contributed by atoms with Crippen molar-refractivity contribution in [3.63, 3.8) is 0 Å². The number of hydrogen-bond donors (Lipinski definition) is 4. The Bertz CT molecular complexity index is 1230. The van der Waals surface area contributed by atoms with Crippen LogP contribution in [-0.4, -0.2) is 71.6 Å². The number of rotatable bonds is 16. The standard InChI is InChI=1S/C33H48F2N4O4/c1-8-10-39(11-9-2)31(42)25-13-22(5)12-24(17-25)30(41)38-28(16-23-14-26(34)18-27(35)15-23)29(40)20-37-33(6,7)32(43)36-19-21(3)4/h12-15,17-18,21,28-29,37,40H,8-11,16,19-20H2,1-7H3,(H,36,43)(H,38,41)/t28-,29+/m0/s1. The quantitative estimate of drug-likeness (QED) is 0.228. The van der Waals surface area contributed by atoms with Gasteiger partial charge in [-0.2, -0.15) is 0 Å². The van der Waals surface area contributed by atoms with Gasteiger partial charge in [-0.3, -0.25) is 14.4 Å². The summed E-state index contributed by atoms with van der Waals surface area (Å²) in [4.78, 5) is 41.2. The summed E-state index contributed by atoms with van der Waals surface area (Å²) in [5, 5.41) is 19.9. The van der Waals surface area contributed by atoms with Gasteiger partial charge in [0.1, 0.15) is 11.6 Å². The number of aliphatic hydroxyl groups excluding tert-OH is 1. The fourth-order valence-electron chi connectivity index (χ4n) is 4.69. The Hall–Kier alpha value is -3.37. The molecular formula is C33H48F2N4O4. The van der Waals surface area contributed by atoms with Crippen molar-refractivity contribution in [1.82, 2.24) is 20.9 Å². The van der Waals surface area contributed by atoms with Gasteiger partial charge in [0.2, 0.25) is 5.91 Å². The van der Waals surface area contributed by atoms with E-state index in [-0.39, 0.29) is 41.8 Å². The Morgan fingerprint density at radius 1 is 0.907 bits per heavy atom. The third-order valence-electron chi connectivity index (χ3n) is 7.01. The number of aliphatic hydroxyl groups is 1. The van der Waals surface area contributed by atoms with E-state index in [1.54, 1.807) is 37.8 Å². The molecule has 3 amide bonds. The van der Waals surface area contributed by atoms with Gasteiger partial charge in [0.05, 0.1) is 17.7 Å². The van der Waals surface area contributed by atoms with E-state index in [4.69, 9.17) is 0 Å². The molecule has 0 saturated carbocycles. The Morgan fingerprint density at radius 3 is 2.05 bits per heavy atom. The number of β-amino-alcohol motifs (C(OH)–C–C–N with tert-alkyl or cyclic N) is 1. The van der Waals surface area contributed by atoms with E-state index in [0.717, 1.165) is 31.0 Å². The van der Waals surface area contributed by atoms with E-state index >= 15 is 0 Å². The van der Waals surface area contributed by atoms with Crippen molar-refractivity contribution in [3.8, 4) is 0 Å². The summed E-state index contributed by atoms with van der Waals surface area (Å²) in [6.45, 7) is 14.7. The Kier molecular flexibility index (Phi) is 13.7. The molecule has 0 saturated heterocycles. The monoisotopic (exact) mass is 602 g/mol. The highest BCUT2D eigenvalue weighted by Gasteiger charge is 2.30. The van der Waals surface area contributed by atoms with E-state index in [1.165, 1.54) is 6.07 Å². The van der Waals surface area contributed by atoms with E-state index in [2.05, 4.69) is 16.0 Å². The van der Waals surface area contributed by atoms with Crippen molar-refractivity contribution >= 4 is 17.7 Å². The minimum Gasteiger partial charge on any atom is -0.390 e. The zero-order chi connectivity index (χ0) is 32.3. The number of aryl methyl sites for hydroxylation is 1. The third-order valence-corrected chi connectivity index (χ3v) is 7.01. The largest absolute Gasteiger partial charge is 0.390 e. The van der Waals surface area contributed by atoms with Gasteiger partial charge < -0.3 is 26.0 Å². The molecule has 0 unspecified atom stereocenters. The van der Waals surface area contributed by atoms with Gasteiger partial charge in [0.25, 0.3) is 11.8 Å². The molecule has 0 heterocycles. The molecule has 10 heteroatoms. The van der Waals surface area contributed by atoms with E-state index in [1.807, 2.05) is 27.7 Å². The molecule has 8 nitrogen and oxygen atoms in total. The van der Waals surface area contributed by atoms with E-state index < -0.39 is 35.2 Å². The van der Waals surface area contributed by atoms with Crippen LogP contribution in [0.4, 0.5) is 8.78 Å². The Balaban J connectivity index is 2.31. The van der Waals surface area contributed by atoms with Crippen molar-refractivity contribution in [1.29, 1.82) is 0 Å². The van der Waals surface area contributed by atoms with Crippen LogP contribution in [0.1, 0.15) is 86.2 Å². The van der Waals surface area contributed by atoms with Crippen molar-refractivity contribution in [3.05, 3.63) is 70.3 Å². The summed E-state index contributed by atoms with van der Waals surface area (Å²) >= 11 is 0. The number of amides is 3. The minimum atomic E-state index is -1.23. The molecule has 2 atom stereocenters. The van der Waals surface area contributed by atoms with Gasteiger partial charge in [0.15, 0.2) is 0 Å². The minimum absolute atomic E-state index is 0.0817. The molecule has 0 radical (unpaired) electrons. The Labute approximate surface area is 254 Å². The maximum absolute atomic E-state index is 14.0. The lowest BCUT2D eigenvalue weighted by Crippen LogP contribution is -2.57. The van der Waals surface area contributed by atoms with Gasteiger partial charge in [-0.15, -0.1) is 0 Å². The van der Waals surface area contributed by atoms with Crippen LogP contribution < -0.4 is 16.0 Å². The van der Waals surface area contributed by atoms with Crippen molar-refractivity contribution in [2.75, 3.05) is 26.2 Å². The number of nitrogens with one attached hydrogen (secondary N) is 3. The number of hydrogen-bond acceptors (Lipinski definition) is 5. The average Bonchev–Trinajstić information content (AvgIpc) is 2.92. The molecule has 2 aromatic carbocycles. The lowest BCUT2D eigenvalue weighted by atomic mass is 9.98. The molecule has 0 spiro atoms. The molecule has 0 aliphatic heterocycles. The van der Waals surface area contributed by atoms with Crippen LogP contribution in [0, 0.1) is 24.5 Å². The molecule has 0 bridgehead atoms. The summed E-state index contributed by atoms with van der Waals surface area (Å²) in [5.41, 5.74) is 0.520. The van der Waals surface area contributed by atoms with Crippen molar-refractivity contribution in [2.24, 2.45) is 5.92 Å². The summed E-state index contributed by atoms with van der Waals surface area (Å²) < 4.78 is 28.0. The molecule has 4 N–H and O–H groups in total. The third kappa shape index (κ3) is 11.3. The highest BCUT2D eigenvalue weighted by atomic mass is 19.1. The lowest BCUT2D eigenvalue weighted by molar-refractivity contribution is -0.126. The molecule has 43 heavy (non-hydrogen) atoms. The highest BCUT2D eigenvalue weighted by Crippen LogP contribution is 2.16. The van der Waals surface area contributed by atoms with Crippen molar-refractivity contribution < 1.29 is 28.3 Å². The SMILES string of the molecule is CCCN(CCC)C(=O)c1cc(C)cc(C(=O)N[C@@H](Cc2cc(F)cc(F)c2)[C@H](O)CNC(C)(C)C(=O)NCC(C)C)c1. The summed E-state index contributed by atoms with van der Waals surface area (Å²) in [5.74, 6) is -2.27. The second-order valence-electron chi connectivity index (χ2n) is 12.1. The van der Waals surface area contributed by atoms with Crippen LogP contribution in [0.3, 0.4) is 0 Å². The predicted molar refractivity (Wildman–Crippen MR) is 165 cm³/mol. The molecule has 2 rings (SSSR count). The normalized spacial score (nSPS) is 13.0. The van der Waals surface area contributed by atoms with Crippen LogP contribution in [-0.2, 0) is 11.2 Å². The topological polar surface area (TPSA) is 111 Å². The molecule has 0 fully saturated rings. The molecule has 2 aromatic rings. The van der Waals surface area contributed by atoms with Gasteiger partial charge in [-0.25, -0.2) is 8.78 Å². The summed E-state index contributed by atoms with van der Waals surface area (Å²) in [6.07, 6.45) is 0.287. The van der Waals surface area contributed by atoms with Crippen LogP contribution in [0.15, 0.2) is 36.4 Å². The second kappa shape index (κ2) is 16.5. The number of carbonyl (C=O) groups excluding carboxylic acids is 3. The molecule has 0 aliphatic rings. The second-order valence-corrected chi connectivity index (χ2v) is 12.1. The highest BCUT2D eigenvalue weighted by molar-refractivity contribution is 6.00. The van der Waals surface area contributed by atoms with Gasteiger partial charge in [-0.1, -0.05) is 27.7 Å². The van der Waals surface area contributed by atoms with Crippen molar-refractivity contribution in [2.45, 2.75) is 85.4 Å². The van der Waals surface area contributed by atoms with Gasteiger partial charge in [0, 0.05) is 43.4 Å². The Morgan fingerprint density at radius 2 is 1.49 bits per heavy atom. The number of halogens is 2. The van der Waals surface area contributed by atoms with E-state index in [0.29, 0.717) is 30.8 Å². The first kappa shape index (κ1) is 35.8.